The number of amides is 1. The standard InChI is InChI=1S/C9H6ClFN4OS/c10-4-1-2-5(11)6(3-4)13-7(16)8-14-15-9(12)17-8/h1-3H,(H2,12,15)(H,13,16). The predicted octanol–water partition coefficient (Wildman–Crippen LogP) is 2.17. The number of anilines is 2. The van der Waals surface area contributed by atoms with Gasteiger partial charge in [-0.2, -0.15) is 0 Å². The van der Waals surface area contributed by atoms with Crippen molar-refractivity contribution < 1.29 is 9.18 Å². The number of carbonyl (C=O) groups is 1. The summed E-state index contributed by atoms with van der Waals surface area (Å²) in [5, 5.41) is 9.90. The van der Waals surface area contributed by atoms with E-state index in [0.717, 1.165) is 17.4 Å². The van der Waals surface area contributed by atoms with Gasteiger partial charge in [0.15, 0.2) is 0 Å². The zero-order valence-corrected chi connectivity index (χ0v) is 9.85. The monoisotopic (exact) mass is 272 g/mol. The Morgan fingerprint density at radius 1 is 1.47 bits per heavy atom. The Kier molecular flexibility index (Phi) is 3.21. The second-order valence-corrected chi connectivity index (χ2v) is 4.47. The molecule has 0 saturated heterocycles. The Bertz CT molecular complexity index is 574. The lowest BCUT2D eigenvalue weighted by Gasteiger charge is -2.04. The second kappa shape index (κ2) is 4.64. The van der Waals surface area contributed by atoms with E-state index in [-0.39, 0.29) is 15.8 Å². The van der Waals surface area contributed by atoms with Gasteiger partial charge < -0.3 is 11.1 Å². The third kappa shape index (κ3) is 2.69. The van der Waals surface area contributed by atoms with Gasteiger partial charge in [-0.15, -0.1) is 10.2 Å². The molecule has 2 rings (SSSR count). The third-order valence-corrected chi connectivity index (χ3v) is 2.80. The first-order valence-electron chi connectivity index (χ1n) is 4.41. The second-order valence-electron chi connectivity index (χ2n) is 3.02. The first-order chi connectivity index (χ1) is 8.06. The first kappa shape index (κ1) is 11.7. The summed E-state index contributed by atoms with van der Waals surface area (Å²) in [6, 6.07) is 3.85. The fourth-order valence-corrected chi connectivity index (χ4v) is 1.77. The number of benzene rings is 1. The normalized spacial score (nSPS) is 10.2. The highest BCUT2D eigenvalue weighted by Crippen LogP contribution is 2.21. The molecule has 2 aromatic rings. The molecule has 0 radical (unpaired) electrons. The van der Waals surface area contributed by atoms with E-state index < -0.39 is 11.7 Å². The molecular formula is C9H6ClFN4OS. The van der Waals surface area contributed by atoms with Crippen molar-refractivity contribution >= 4 is 39.7 Å². The average molecular weight is 273 g/mol. The molecule has 3 N–H and O–H groups in total. The van der Waals surface area contributed by atoms with Crippen LogP contribution in [0.15, 0.2) is 18.2 Å². The van der Waals surface area contributed by atoms with Gasteiger partial charge in [0.25, 0.3) is 5.91 Å². The minimum absolute atomic E-state index is 0.0173. The van der Waals surface area contributed by atoms with Crippen LogP contribution in [-0.2, 0) is 0 Å². The number of carbonyl (C=O) groups excluding carboxylic acids is 1. The summed E-state index contributed by atoms with van der Waals surface area (Å²) in [7, 11) is 0. The zero-order valence-electron chi connectivity index (χ0n) is 8.28. The van der Waals surface area contributed by atoms with Crippen molar-refractivity contribution in [2.45, 2.75) is 0 Å². The zero-order chi connectivity index (χ0) is 12.4. The molecule has 1 heterocycles. The van der Waals surface area contributed by atoms with Gasteiger partial charge in [0.2, 0.25) is 10.1 Å². The Balaban J connectivity index is 2.21. The summed E-state index contributed by atoms with van der Waals surface area (Å²) in [5.74, 6) is -1.17. The number of nitrogens with one attached hydrogen (secondary N) is 1. The summed E-state index contributed by atoms with van der Waals surface area (Å²) in [4.78, 5) is 11.6. The lowest BCUT2D eigenvalue weighted by atomic mass is 10.3. The van der Waals surface area contributed by atoms with Crippen LogP contribution in [0.4, 0.5) is 15.2 Å². The van der Waals surface area contributed by atoms with Crippen LogP contribution in [0.1, 0.15) is 9.80 Å². The van der Waals surface area contributed by atoms with Crippen LogP contribution in [0.2, 0.25) is 5.02 Å². The van der Waals surface area contributed by atoms with Crippen molar-refractivity contribution in [3.05, 3.63) is 34.0 Å². The van der Waals surface area contributed by atoms with Crippen LogP contribution < -0.4 is 11.1 Å². The van der Waals surface area contributed by atoms with Crippen molar-refractivity contribution in [3.8, 4) is 0 Å². The van der Waals surface area contributed by atoms with Crippen LogP contribution in [0.3, 0.4) is 0 Å². The maximum Gasteiger partial charge on any atom is 0.286 e. The Labute approximate surface area is 104 Å². The number of halogens is 2. The maximum absolute atomic E-state index is 13.3. The number of hydrogen-bond acceptors (Lipinski definition) is 5. The highest BCUT2D eigenvalue weighted by molar-refractivity contribution is 7.16. The molecular weight excluding hydrogens is 267 g/mol. The average Bonchev–Trinajstić information content (AvgIpc) is 2.70. The predicted molar refractivity (Wildman–Crippen MR) is 63.7 cm³/mol. The van der Waals surface area contributed by atoms with Gasteiger partial charge in [0.05, 0.1) is 5.69 Å². The molecule has 1 aromatic carbocycles. The van der Waals surface area contributed by atoms with E-state index in [2.05, 4.69) is 15.5 Å². The van der Waals surface area contributed by atoms with Gasteiger partial charge in [-0.3, -0.25) is 4.79 Å². The minimum Gasteiger partial charge on any atom is -0.374 e. The quantitative estimate of drug-likeness (QED) is 0.878. The molecule has 17 heavy (non-hydrogen) atoms. The van der Waals surface area contributed by atoms with E-state index in [0.29, 0.717) is 5.02 Å². The minimum atomic E-state index is -0.583. The number of nitrogen functional groups attached to an aromatic ring is 1. The summed E-state index contributed by atoms with van der Waals surface area (Å²) in [5.41, 5.74) is 5.32. The highest BCUT2D eigenvalue weighted by atomic mass is 35.5. The molecule has 5 nitrogen and oxygen atoms in total. The Hall–Kier alpha value is -1.73. The van der Waals surface area contributed by atoms with E-state index >= 15 is 0 Å². The van der Waals surface area contributed by atoms with Crippen molar-refractivity contribution in [2.75, 3.05) is 11.1 Å². The molecule has 0 saturated carbocycles. The molecule has 1 amide bonds. The molecule has 0 aliphatic rings. The summed E-state index contributed by atoms with van der Waals surface area (Å²) in [6.07, 6.45) is 0. The highest BCUT2D eigenvalue weighted by Gasteiger charge is 2.14. The molecule has 0 unspecified atom stereocenters. The van der Waals surface area contributed by atoms with Crippen LogP contribution in [0, 0.1) is 5.82 Å². The Morgan fingerprint density at radius 3 is 2.88 bits per heavy atom. The fraction of sp³-hybridized carbons (Fsp3) is 0. The van der Waals surface area contributed by atoms with Crippen LogP contribution in [0.25, 0.3) is 0 Å². The van der Waals surface area contributed by atoms with Crippen molar-refractivity contribution in [2.24, 2.45) is 0 Å². The lowest BCUT2D eigenvalue weighted by Crippen LogP contribution is -2.12. The molecule has 0 fully saturated rings. The van der Waals surface area contributed by atoms with E-state index in [1.54, 1.807) is 0 Å². The summed E-state index contributed by atoms with van der Waals surface area (Å²) in [6.45, 7) is 0. The molecule has 0 bridgehead atoms. The van der Waals surface area contributed by atoms with Crippen molar-refractivity contribution in [1.82, 2.24) is 10.2 Å². The smallest absolute Gasteiger partial charge is 0.286 e. The molecule has 0 atom stereocenters. The number of nitrogens with two attached hydrogens (primary N) is 1. The van der Waals surface area contributed by atoms with Gasteiger partial charge >= 0.3 is 0 Å². The van der Waals surface area contributed by atoms with Crippen LogP contribution in [-0.4, -0.2) is 16.1 Å². The van der Waals surface area contributed by atoms with Crippen LogP contribution in [0.5, 0.6) is 0 Å². The number of nitrogens with zero attached hydrogens (tertiary/aromatic N) is 2. The van der Waals surface area contributed by atoms with Gasteiger partial charge in [-0.1, -0.05) is 22.9 Å². The topological polar surface area (TPSA) is 80.9 Å². The van der Waals surface area contributed by atoms with E-state index in [9.17, 15) is 9.18 Å². The van der Waals surface area contributed by atoms with Gasteiger partial charge in [0, 0.05) is 5.02 Å². The molecule has 1 aromatic heterocycles. The SMILES string of the molecule is Nc1nnc(C(=O)Nc2cc(Cl)ccc2F)s1. The summed E-state index contributed by atoms with van der Waals surface area (Å²) < 4.78 is 13.3. The van der Waals surface area contributed by atoms with E-state index in [1.165, 1.54) is 12.1 Å². The number of aromatic nitrogens is 2. The third-order valence-electron chi connectivity index (χ3n) is 1.81. The first-order valence-corrected chi connectivity index (χ1v) is 5.61. The van der Waals surface area contributed by atoms with Gasteiger partial charge in [-0.25, -0.2) is 4.39 Å². The Morgan fingerprint density at radius 2 is 2.24 bits per heavy atom. The number of hydrogen-bond donors (Lipinski definition) is 2. The van der Waals surface area contributed by atoms with Gasteiger partial charge in [0.1, 0.15) is 5.82 Å². The molecule has 88 valence electrons. The van der Waals surface area contributed by atoms with Crippen LogP contribution >= 0.6 is 22.9 Å². The summed E-state index contributed by atoms with van der Waals surface area (Å²) >= 11 is 6.60. The maximum atomic E-state index is 13.3. The fourth-order valence-electron chi connectivity index (χ4n) is 1.10. The molecule has 8 heteroatoms. The molecule has 0 spiro atoms. The van der Waals surface area contributed by atoms with E-state index in [4.69, 9.17) is 17.3 Å². The van der Waals surface area contributed by atoms with Gasteiger partial charge in [-0.05, 0) is 18.2 Å². The largest absolute Gasteiger partial charge is 0.374 e. The van der Waals surface area contributed by atoms with Crippen molar-refractivity contribution in [3.63, 3.8) is 0 Å². The molecule has 0 aliphatic heterocycles. The lowest BCUT2D eigenvalue weighted by molar-refractivity contribution is 0.102. The van der Waals surface area contributed by atoms with E-state index in [1.807, 2.05) is 0 Å². The van der Waals surface area contributed by atoms with Crippen molar-refractivity contribution in [1.29, 1.82) is 0 Å². The molecule has 0 aliphatic carbocycles. The number of rotatable bonds is 2.